The Bertz CT molecular complexity index is 523. The van der Waals surface area contributed by atoms with Crippen LogP contribution in [0.25, 0.3) is 0 Å². The van der Waals surface area contributed by atoms with E-state index in [0.717, 1.165) is 23.7 Å². The average Bonchev–Trinajstić information content (AvgIpc) is 2.77. The van der Waals surface area contributed by atoms with Crippen molar-refractivity contribution in [2.24, 2.45) is 11.3 Å². The van der Waals surface area contributed by atoms with Crippen LogP contribution >= 0.6 is 15.9 Å². The van der Waals surface area contributed by atoms with Crippen LogP contribution in [0.1, 0.15) is 43.5 Å². The highest BCUT2D eigenvalue weighted by Gasteiger charge is 2.40. The summed E-state index contributed by atoms with van der Waals surface area (Å²) in [7, 11) is 3.19. The van der Waals surface area contributed by atoms with Crippen LogP contribution in [0.5, 0.6) is 11.5 Å². The standard InChI is InChI=1S/C16H21BrO3/c1-16(2)7-5-6-11(16)15(18)10-8-14(20-4)12(17)9-13(10)19-3/h8-9,11H,5-7H2,1-4H3. The number of carbonyl (C=O) groups excluding carboxylic acids is 1. The molecule has 1 atom stereocenters. The first-order valence-corrected chi connectivity index (χ1v) is 7.65. The quantitative estimate of drug-likeness (QED) is 0.758. The van der Waals surface area contributed by atoms with Gasteiger partial charge < -0.3 is 9.47 Å². The summed E-state index contributed by atoms with van der Waals surface area (Å²) in [6.07, 6.45) is 3.16. The van der Waals surface area contributed by atoms with Crippen molar-refractivity contribution in [3.63, 3.8) is 0 Å². The van der Waals surface area contributed by atoms with Gasteiger partial charge in [0.25, 0.3) is 0 Å². The predicted octanol–water partition coefficient (Wildman–Crippen LogP) is 4.48. The highest BCUT2D eigenvalue weighted by Crippen LogP contribution is 2.45. The third kappa shape index (κ3) is 2.71. The lowest BCUT2D eigenvalue weighted by Crippen LogP contribution is -2.26. The third-order valence-corrected chi connectivity index (χ3v) is 4.93. The van der Waals surface area contributed by atoms with Crippen LogP contribution < -0.4 is 9.47 Å². The summed E-state index contributed by atoms with van der Waals surface area (Å²) in [5.41, 5.74) is 0.676. The molecule has 2 rings (SSSR count). The molecule has 1 aromatic rings. The Morgan fingerprint density at radius 1 is 1.25 bits per heavy atom. The Morgan fingerprint density at radius 2 is 1.90 bits per heavy atom. The molecule has 0 N–H and O–H groups in total. The first-order valence-electron chi connectivity index (χ1n) is 6.86. The molecule has 3 nitrogen and oxygen atoms in total. The minimum Gasteiger partial charge on any atom is -0.496 e. The molecule has 1 unspecified atom stereocenters. The number of hydrogen-bond donors (Lipinski definition) is 0. The summed E-state index contributed by atoms with van der Waals surface area (Å²) in [5, 5.41) is 0. The van der Waals surface area contributed by atoms with Gasteiger partial charge in [-0.15, -0.1) is 0 Å². The summed E-state index contributed by atoms with van der Waals surface area (Å²) < 4.78 is 11.5. The molecule has 0 radical (unpaired) electrons. The molecule has 1 saturated carbocycles. The molecule has 1 aromatic carbocycles. The first kappa shape index (κ1) is 15.4. The summed E-state index contributed by atoms with van der Waals surface area (Å²) in [6.45, 7) is 4.34. The molecule has 0 aliphatic heterocycles. The van der Waals surface area contributed by atoms with Gasteiger partial charge in [-0.2, -0.15) is 0 Å². The second kappa shape index (κ2) is 5.76. The summed E-state index contributed by atoms with van der Waals surface area (Å²) in [4.78, 5) is 12.9. The summed E-state index contributed by atoms with van der Waals surface area (Å²) >= 11 is 3.42. The van der Waals surface area contributed by atoms with Crippen LogP contribution in [0.2, 0.25) is 0 Å². The maximum absolute atomic E-state index is 12.9. The van der Waals surface area contributed by atoms with Crippen molar-refractivity contribution >= 4 is 21.7 Å². The number of rotatable bonds is 4. The van der Waals surface area contributed by atoms with E-state index < -0.39 is 0 Å². The van der Waals surface area contributed by atoms with E-state index in [2.05, 4.69) is 29.8 Å². The molecule has 20 heavy (non-hydrogen) atoms. The van der Waals surface area contributed by atoms with Gasteiger partial charge in [-0.05, 0) is 46.3 Å². The maximum atomic E-state index is 12.9. The van der Waals surface area contributed by atoms with Gasteiger partial charge in [-0.1, -0.05) is 20.3 Å². The first-order chi connectivity index (χ1) is 9.40. The number of Topliss-reactive ketones (excluding diaryl/α,β-unsaturated/α-hetero) is 1. The summed E-state index contributed by atoms with van der Waals surface area (Å²) in [5.74, 6) is 1.48. The largest absolute Gasteiger partial charge is 0.496 e. The molecule has 1 aliphatic carbocycles. The van der Waals surface area contributed by atoms with E-state index in [1.54, 1.807) is 26.4 Å². The minimum atomic E-state index is 0.0577. The number of carbonyl (C=O) groups is 1. The van der Waals surface area contributed by atoms with E-state index in [9.17, 15) is 4.79 Å². The van der Waals surface area contributed by atoms with E-state index in [1.807, 2.05) is 0 Å². The van der Waals surface area contributed by atoms with Crippen LogP contribution in [-0.2, 0) is 0 Å². The number of ketones is 1. The van der Waals surface area contributed by atoms with Crippen LogP contribution in [0.4, 0.5) is 0 Å². The van der Waals surface area contributed by atoms with Crippen molar-refractivity contribution in [3.05, 3.63) is 22.2 Å². The lowest BCUT2D eigenvalue weighted by atomic mass is 9.77. The molecule has 1 fully saturated rings. The van der Waals surface area contributed by atoms with E-state index >= 15 is 0 Å². The molecule has 0 saturated heterocycles. The molecule has 0 spiro atoms. The van der Waals surface area contributed by atoms with Crippen molar-refractivity contribution in [1.29, 1.82) is 0 Å². The van der Waals surface area contributed by atoms with Gasteiger partial charge in [-0.3, -0.25) is 4.79 Å². The fraction of sp³-hybridized carbons (Fsp3) is 0.562. The molecule has 0 amide bonds. The van der Waals surface area contributed by atoms with Gasteiger partial charge in [0.1, 0.15) is 11.5 Å². The summed E-state index contributed by atoms with van der Waals surface area (Å²) in [6, 6.07) is 3.58. The lowest BCUT2D eigenvalue weighted by Gasteiger charge is -2.26. The van der Waals surface area contributed by atoms with E-state index in [4.69, 9.17) is 9.47 Å². The second-order valence-electron chi connectivity index (χ2n) is 5.98. The topological polar surface area (TPSA) is 35.5 Å². The zero-order chi connectivity index (χ0) is 14.9. The van der Waals surface area contributed by atoms with E-state index in [-0.39, 0.29) is 17.1 Å². The van der Waals surface area contributed by atoms with Crippen molar-refractivity contribution in [2.45, 2.75) is 33.1 Å². The highest BCUT2D eigenvalue weighted by atomic mass is 79.9. The van der Waals surface area contributed by atoms with Gasteiger partial charge in [0.05, 0.1) is 24.3 Å². The van der Waals surface area contributed by atoms with Gasteiger partial charge in [-0.25, -0.2) is 0 Å². The second-order valence-corrected chi connectivity index (χ2v) is 6.84. The minimum absolute atomic E-state index is 0.0577. The van der Waals surface area contributed by atoms with Crippen LogP contribution in [-0.4, -0.2) is 20.0 Å². The Kier molecular flexibility index (Phi) is 4.43. The van der Waals surface area contributed by atoms with Crippen molar-refractivity contribution in [1.82, 2.24) is 0 Å². The van der Waals surface area contributed by atoms with Crippen molar-refractivity contribution < 1.29 is 14.3 Å². The van der Waals surface area contributed by atoms with Gasteiger partial charge >= 0.3 is 0 Å². The van der Waals surface area contributed by atoms with Crippen LogP contribution in [0.3, 0.4) is 0 Å². The number of halogens is 1. The Hall–Kier alpha value is -1.03. The average molecular weight is 341 g/mol. The Morgan fingerprint density at radius 3 is 2.40 bits per heavy atom. The Balaban J connectivity index is 2.43. The van der Waals surface area contributed by atoms with E-state index in [1.165, 1.54) is 0 Å². The lowest BCUT2D eigenvalue weighted by molar-refractivity contribution is 0.0835. The van der Waals surface area contributed by atoms with Crippen molar-refractivity contribution in [3.8, 4) is 11.5 Å². The fourth-order valence-corrected chi connectivity index (χ4v) is 3.54. The predicted molar refractivity (Wildman–Crippen MR) is 82.7 cm³/mol. The highest BCUT2D eigenvalue weighted by molar-refractivity contribution is 9.10. The number of methoxy groups -OCH3 is 2. The van der Waals surface area contributed by atoms with Crippen LogP contribution in [0, 0.1) is 11.3 Å². The van der Waals surface area contributed by atoms with E-state index in [0.29, 0.717) is 17.1 Å². The molecule has 0 heterocycles. The third-order valence-electron chi connectivity index (χ3n) is 4.31. The number of ether oxygens (including phenoxy) is 2. The molecule has 0 aromatic heterocycles. The molecular weight excluding hydrogens is 320 g/mol. The molecular formula is C16H21BrO3. The number of hydrogen-bond acceptors (Lipinski definition) is 3. The van der Waals surface area contributed by atoms with Gasteiger partial charge in [0.2, 0.25) is 0 Å². The number of benzene rings is 1. The van der Waals surface area contributed by atoms with Crippen LogP contribution in [0.15, 0.2) is 16.6 Å². The fourth-order valence-electron chi connectivity index (χ4n) is 3.05. The molecule has 4 heteroatoms. The Labute approximate surface area is 128 Å². The maximum Gasteiger partial charge on any atom is 0.170 e. The zero-order valence-corrected chi connectivity index (χ0v) is 14.0. The normalized spacial score (nSPS) is 20.8. The molecule has 110 valence electrons. The van der Waals surface area contributed by atoms with Gasteiger partial charge in [0.15, 0.2) is 5.78 Å². The smallest absolute Gasteiger partial charge is 0.170 e. The monoisotopic (exact) mass is 340 g/mol. The molecule has 1 aliphatic rings. The zero-order valence-electron chi connectivity index (χ0n) is 12.5. The molecule has 0 bridgehead atoms. The van der Waals surface area contributed by atoms with Gasteiger partial charge in [0, 0.05) is 5.92 Å². The van der Waals surface area contributed by atoms with Crippen molar-refractivity contribution in [2.75, 3.05) is 14.2 Å². The SMILES string of the molecule is COc1cc(C(=O)C2CCCC2(C)C)c(OC)cc1Br.